The van der Waals surface area contributed by atoms with Crippen LogP contribution in [-0.2, 0) is 6.42 Å². The average Bonchev–Trinajstić information content (AvgIpc) is 2.38. The Bertz CT molecular complexity index is 374. The molecule has 74 valence electrons. The highest BCUT2D eigenvalue weighted by Crippen LogP contribution is 2.27. The van der Waals surface area contributed by atoms with Crippen molar-refractivity contribution in [2.24, 2.45) is 10.8 Å². The van der Waals surface area contributed by atoms with Crippen LogP contribution in [0.3, 0.4) is 0 Å². The highest BCUT2D eigenvalue weighted by Gasteiger charge is 2.09. The molecule has 1 aliphatic rings. The second-order valence-electron chi connectivity index (χ2n) is 3.33. The predicted octanol–water partition coefficient (Wildman–Crippen LogP) is 2.17. The molecule has 14 heavy (non-hydrogen) atoms. The lowest BCUT2D eigenvalue weighted by Crippen LogP contribution is -2.29. The largest absolute Gasteiger partial charge is 0.312 e. The summed E-state index contributed by atoms with van der Waals surface area (Å²) in [7, 11) is 0. The highest BCUT2D eigenvalue weighted by molar-refractivity contribution is 6.30. The van der Waals surface area contributed by atoms with Crippen LogP contribution in [0.2, 0.25) is 5.02 Å². The molecule has 0 aliphatic carbocycles. The van der Waals surface area contributed by atoms with Crippen LogP contribution in [0.1, 0.15) is 18.4 Å². The number of fused-ring (bicyclic) bond motifs is 1. The van der Waals surface area contributed by atoms with Crippen LogP contribution in [0.15, 0.2) is 23.2 Å². The number of hydrazine groups is 1. The summed E-state index contributed by atoms with van der Waals surface area (Å²) < 4.78 is 0. The van der Waals surface area contributed by atoms with E-state index >= 15 is 0 Å². The van der Waals surface area contributed by atoms with Gasteiger partial charge in [-0.1, -0.05) is 11.6 Å². The normalized spacial score (nSPS) is 15.4. The van der Waals surface area contributed by atoms with Crippen LogP contribution in [-0.4, -0.2) is 5.84 Å². The smallest absolute Gasteiger partial charge is 0.116 e. The average molecular weight is 210 g/mol. The lowest BCUT2D eigenvalue weighted by molar-refractivity contribution is 0.847. The molecule has 3 N–H and O–H groups in total. The van der Waals surface area contributed by atoms with Crippen LogP contribution < -0.4 is 11.3 Å². The molecule has 1 heterocycles. The van der Waals surface area contributed by atoms with Crippen LogP contribution in [0.5, 0.6) is 0 Å². The minimum atomic E-state index is 0.767. The fraction of sp³-hybridized carbons (Fsp3) is 0.300. The van der Waals surface area contributed by atoms with Crippen molar-refractivity contribution in [3.63, 3.8) is 0 Å². The van der Waals surface area contributed by atoms with Gasteiger partial charge in [0.15, 0.2) is 0 Å². The van der Waals surface area contributed by atoms with E-state index in [4.69, 9.17) is 17.4 Å². The lowest BCUT2D eigenvalue weighted by atomic mass is 10.1. The summed E-state index contributed by atoms with van der Waals surface area (Å²) in [5, 5.41) is 0.767. The third kappa shape index (κ3) is 1.89. The van der Waals surface area contributed by atoms with Crippen LogP contribution in [0.4, 0.5) is 5.69 Å². The zero-order chi connectivity index (χ0) is 9.97. The Hall–Kier alpha value is -1.06. The van der Waals surface area contributed by atoms with E-state index < -0.39 is 0 Å². The van der Waals surface area contributed by atoms with Gasteiger partial charge >= 0.3 is 0 Å². The Balaban J connectivity index is 2.42. The summed E-state index contributed by atoms with van der Waals surface area (Å²) >= 11 is 5.91. The molecule has 0 unspecified atom stereocenters. The van der Waals surface area contributed by atoms with Gasteiger partial charge in [0, 0.05) is 11.4 Å². The monoisotopic (exact) mass is 209 g/mol. The number of aryl methyl sites for hydroxylation is 1. The van der Waals surface area contributed by atoms with Gasteiger partial charge in [0.2, 0.25) is 0 Å². The summed E-state index contributed by atoms with van der Waals surface area (Å²) in [5.74, 6) is 6.19. The van der Waals surface area contributed by atoms with E-state index in [0.717, 1.165) is 35.8 Å². The van der Waals surface area contributed by atoms with E-state index in [1.165, 1.54) is 5.56 Å². The van der Waals surface area contributed by atoms with E-state index in [1.807, 2.05) is 18.2 Å². The molecule has 4 heteroatoms. The lowest BCUT2D eigenvalue weighted by Gasteiger charge is -2.02. The van der Waals surface area contributed by atoms with E-state index in [1.54, 1.807) is 0 Å². The number of amidine groups is 1. The molecule has 0 aromatic heterocycles. The molecule has 1 aromatic rings. The first kappa shape index (κ1) is 9.49. The van der Waals surface area contributed by atoms with Gasteiger partial charge in [0.25, 0.3) is 0 Å². The molecule has 0 fully saturated rings. The first-order valence-corrected chi connectivity index (χ1v) is 5.00. The van der Waals surface area contributed by atoms with E-state index in [0.29, 0.717) is 0 Å². The number of nitrogens with one attached hydrogen (secondary N) is 1. The topological polar surface area (TPSA) is 50.4 Å². The van der Waals surface area contributed by atoms with Gasteiger partial charge in [-0.2, -0.15) is 0 Å². The maximum Gasteiger partial charge on any atom is 0.116 e. The SMILES string of the molecule is NNC1=Nc2ccc(Cl)cc2CCC1. The van der Waals surface area contributed by atoms with Crippen molar-refractivity contribution >= 4 is 23.1 Å². The maximum absolute atomic E-state index is 5.91. The number of hydrogen-bond acceptors (Lipinski definition) is 3. The fourth-order valence-corrected chi connectivity index (χ4v) is 1.81. The quantitative estimate of drug-likeness (QED) is 0.508. The van der Waals surface area contributed by atoms with Gasteiger partial charge < -0.3 is 5.43 Å². The van der Waals surface area contributed by atoms with Gasteiger partial charge in [-0.05, 0) is 36.6 Å². The van der Waals surface area contributed by atoms with E-state index in [2.05, 4.69) is 10.4 Å². The molecule has 0 atom stereocenters. The van der Waals surface area contributed by atoms with Crippen molar-refractivity contribution in [3.8, 4) is 0 Å². The molecule has 3 nitrogen and oxygen atoms in total. The Morgan fingerprint density at radius 1 is 1.36 bits per heavy atom. The van der Waals surface area contributed by atoms with Gasteiger partial charge in [-0.25, -0.2) is 10.8 Å². The van der Waals surface area contributed by atoms with Crippen LogP contribution in [0.25, 0.3) is 0 Å². The second kappa shape index (κ2) is 3.98. The molecule has 0 radical (unpaired) electrons. The molecule has 0 bridgehead atoms. The number of aliphatic imine (C=N–C) groups is 1. The summed E-state index contributed by atoms with van der Waals surface area (Å²) in [6.45, 7) is 0. The minimum Gasteiger partial charge on any atom is -0.312 e. The molecule has 1 aromatic carbocycles. The van der Waals surface area contributed by atoms with Gasteiger partial charge in [0.1, 0.15) is 5.84 Å². The van der Waals surface area contributed by atoms with Crippen molar-refractivity contribution in [1.82, 2.24) is 5.43 Å². The minimum absolute atomic E-state index is 0.767. The number of nitrogens with zero attached hydrogens (tertiary/aromatic N) is 1. The first-order chi connectivity index (χ1) is 6.79. The molecule has 2 rings (SSSR count). The van der Waals surface area contributed by atoms with Crippen molar-refractivity contribution in [2.75, 3.05) is 0 Å². The van der Waals surface area contributed by atoms with Crippen LogP contribution >= 0.6 is 11.6 Å². The Labute approximate surface area is 87.9 Å². The second-order valence-corrected chi connectivity index (χ2v) is 3.77. The Morgan fingerprint density at radius 3 is 3.00 bits per heavy atom. The molecular formula is C10H12ClN3. The molecule has 0 saturated heterocycles. The Kier molecular flexibility index (Phi) is 2.70. The van der Waals surface area contributed by atoms with Crippen molar-refractivity contribution in [1.29, 1.82) is 0 Å². The molecule has 1 aliphatic heterocycles. The van der Waals surface area contributed by atoms with E-state index in [9.17, 15) is 0 Å². The summed E-state index contributed by atoms with van der Waals surface area (Å²) in [5.41, 5.74) is 4.79. The zero-order valence-corrected chi connectivity index (χ0v) is 8.51. The Morgan fingerprint density at radius 2 is 2.21 bits per heavy atom. The third-order valence-electron chi connectivity index (χ3n) is 2.32. The summed E-state index contributed by atoms with van der Waals surface area (Å²) in [6, 6.07) is 5.75. The fourth-order valence-electron chi connectivity index (χ4n) is 1.62. The first-order valence-electron chi connectivity index (χ1n) is 4.62. The number of halogens is 1. The zero-order valence-electron chi connectivity index (χ0n) is 7.76. The maximum atomic E-state index is 5.91. The third-order valence-corrected chi connectivity index (χ3v) is 2.56. The molecule has 0 spiro atoms. The van der Waals surface area contributed by atoms with Gasteiger partial charge in [0.05, 0.1) is 5.69 Å². The van der Waals surface area contributed by atoms with Crippen molar-refractivity contribution in [2.45, 2.75) is 19.3 Å². The standard InChI is InChI=1S/C10H12ClN3/c11-8-4-5-9-7(6-8)2-1-3-10(13-9)14-12/h4-6H,1-3,12H2,(H,13,14). The highest BCUT2D eigenvalue weighted by atomic mass is 35.5. The van der Waals surface area contributed by atoms with Crippen molar-refractivity contribution < 1.29 is 0 Å². The number of rotatable bonds is 0. The van der Waals surface area contributed by atoms with E-state index in [-0.39, 0.29) is 0 Å². The molecule has 0 saturated carbocycles. The number of nitrogens with two attached hydrogens (primary N) is 1. The van der Waals surface area contributed by atoms with Gasteiger partial charge in [-0.3, -0.25) is 0 Å². The van der Waals surface area contributed by atoms with Gasteiger partial charge in [-0.15, -0.1) is 0 Å². The van der Waals surface area contributed by atoms with Crippen molar-refractivity contribution in [3.05, 3.63) is 28.8 Å². The number of benzene rings is 1. The van der Waals surface area contributed by atoms with Crippen LogP contribution in [0, 0.1) is 0 Å². The molecular weight excluding hydrogens is 198 g/mol. The summed E-state index contributed by atoms with van der Waals surface area (Å²) in [6.07, 6.45) is 2.95. The number of hydrogen-bond donors (Lipinski definition) is 2. The summed E-state index contributed by atoms with van der Waals surface area (Å²) in [4.78, 5) is 4.42. The predicted molar refractivity (Wildman–Crippen MR) is 58.8 cm³/mol. The molecule has 0 amide bonds.